The van der Waals surface area contributed by atoms with Crippen LogP contribution in [0.15, 0.2) is 24.3 Å². The van der Waals surface area contributed by atoms with Crippen LogP contribution in [-0.2, 0) is 0 Å². The Bertz CT molecular complexity index is 636. The topological polar surface area (TPSA) is 72.2 Å². The SMILES string of the molecule is CC1(C)[C@H]2CC[C@](C)(C2)[C@@H]1NC(=O)c1cccc([N+](=O)[O-])c1. The lowest BCUT2D eigenvalue weighted by Crippen LogP contribution is -2.52. The van der Waals surface area contributed by atoms with Crippen molar-refractivity contribution in [3.63, 3.8) is 0 Å². The third-order valence-corrected chi connectivity index (χ3v) is 5.86. The molecule has 1 aromatic carbocycles. The molecular weight excluding hydrogens is 280 g/mol. The summed E-state index contributed by atoms with van der Waals surface area (Å²) in [5.74, 6) is 0.434. The van der Waals surface area contributed by atoms with Crippen molar-refractivity contribution in [1.29, 1.82) is 0 Å². The summed E-state index contributed by atoms with van der Waals surface area (Å²) in [6, 6.07) is 6.05. The molecule has 1 amide bonds. The molecule has 1 N–H and O–H groups in total. The number of carbonyl (C=O) groups is 1. The Balaban J connectivity index is 1.83. The van der Waals surface area contributed by atoms with Gasteiger partial charge in [-0.15, -0.1) is 0 Å². The van der Waals surface area contributed by atoms with E-state index in [1.54, 1.807) is 12.1 Å². The zero-order chi connectivity index (χ0) is 16.1. The number of nitrogens with one attached hydrogen (secondary N) is 1. The first-order valence-electron chi connectivity index (χ1n) is 7.79. The maximum atomic E-state index is 12.5. The summed E-state index contributed by atoms with van der Waals surface area (Å²) in [5, 5.41) is 14.0. The molecule has 0 aromatic heterocycles. The van der Waals surface area contributed by atoms with Gasteiger partial charge in [-0.1, -0.05) is 26.8 Å². The largest absolute Gasteiger partial charge is 0.348 e. The molecule has 0 heterocycles. The van der Waals surface area contributed by atoms with Crippen LogP contribution in [0.1, 0.15) is 50.4 Å². The van der Waals surface area contributed by atoms with Gasteiger partial charge in [-0.2, -0.15) is 0 Å². The average molecular weight is 302 g/mol. The number of non-ortho nitro benzene ring substituents is 1. The Hall–Kier alpha value is -1.91. The van der Waals surface area contributed by atoms with Gasteiger partial charge >= 0.3 is 0 Å². The molecule has 2 fully saturated rings. The van der Waals surface area contributed by atoms with Crippen molar-refractivity contribution in [3.8, 4) is 0 Å². The van der Waals surface area contributed by atoms with E-state index in [1.165, 1.54) is 18.6 Å². The van der Waals surface area contributed by atoms with Crippen molar-refractivity contribution < 1.29 is 9.72 Å². The highest BCUT2D eigenvalue weighted by molar-refractivity contribution is 5.95. The van der Waals surface area contributed by atoms with E-state index in [-0.39, 0.29) is 28.5 Å². The average Bonchev–Trinajstić information content (AvgIpc) is 2.94. The van der Waals surface area contributed by atoms with Crippen molar-refractivity contribution in [1.82, 2.24) is 5.32 Å². The quantitative estimate of drug-likeness (QED) is 0.685. The van der Waals surface area contributed by atoms with Crippen LogP contribution in [0, 0.1) is 26.9 Å². The molecule has 0 saturated heterocycles. The Labute approximate surface area is 130 Å². The highest BCUT2D eigenvalue weighted by Crippen LogP contribution is 2.62. The molecule has 1 aromatic rings. The van der Waals surface area contributed by atoms with Gasteiger partial charge in [-0.05, 0) is 42.1 Å². The van der Waals surface area contributed by atoms with Gasteiger partial charge < -0.3 is 5.32 Å². The van der Waals surface area contributed by atoms with Gasteiger partial charge in [-0.25, -0.2) is 0 Å². The number of hydrogen-bond donors (Lipinski definition) is 1. The van der Waals surface area contributed by atoms with Gasteiger partial charge in [0.15, 0.2) is 0 Å². The number of nitro groups is 1. The molecule has 5 nitrogen and oxygen atoms in total. The highest BCUT2D eigenvalue weighted by Gasteiger charge is 2.59. The van der Waals surface area contributed by atoms with E-state index in [4.69, 9.17) is 0 Å². The summed E-state index contributed by atoms with van der Waals surface area (Å²) >= 11 is 0. The maximum Gasteiger partial charge on any atom is 0.270 e. The molecule has 2 bridgehead atoms. The first-order valence-corrected chi connectivity index (χ1v) is 7.79. The van der Waals surface area contributed by atoms with Gasteiger partial charge in [0.25, 0.3) is 11.6 Å². The smallest absolute Gasteiger partial charge is 0.270 e. The summed E-state index contributed by atoms with van der Waals surface area (Å²) in [7, 11) is 0. The second kappa shape index (κ2) is 4.80. The summed E-state index contributed by atoms with van der Waals surface area (Å²) in [6.45, 7) is 6.70. The first kappa shape index (κ1) is 15.0. The van der Waals surface area contributed by atoms with Crippen molar-refractivity contribution in [2.75, 3.05) is 0 Å². The molecule has 3 rings (SSSR count). The molecule has 0 aliphatic heterocycles. The van der Waals surface area contributed by atoms with E-state index in [0.29, 0.717) is 11.5 Å². The fourth-order valence-electron chi connectivity index (χ4n) is 4.64. The van der Waals surface area contributed by atoms with Crippen LogP contribution in [0.3, 0.4) is 0 Å². The lowest BCUT2D eigenvalue weighted by molar-refractivity contribution is -0.384. The fourth-order valence-corrected chi connectivity index (χ4v) is 4.64. The number of amides is 1. The number of nitro benzene ring substituents is 1. The Morgan fingerprint density at radius 1 is 1.36 bits per heavy atom. The molecule has 0 unspecified atom stereocenters. The molecule has 3 atom stereocenters. The number of rotatable bonds is 3. The first-order chi connectivity index (χ1) is 10.2. The van der Waals surface area contributed by atoms with Gasteiger partial charge in [-0.3, -0.25) is 14.9 Å². The van der Waals surface area contributed by atoms with E-state index in [1.807, 2.05) is 0 Å². The summed E-state index contributed by atoms with van der Waals surface area (Å²) in [6.07, 6.45) is 3.52. The van der Waals surface area contributed by atoms with Gasteiger partial charge in [0.2, 0.25) is 0 Å². The van der Waals surface area contributed by atoms with Gasteiger partial charge in [0.05, 0.1) is 4.92 Å². The monoisotopic (exact) mass is 302 g/mol. The molecule has 2 aliphatic rings. The molecule has 5 heteroatoms. The second-order valence-electron chi connectivity index (χ2n) is 7.63. The van der Waals surface area contributed by atoms with Crippen LogP contribution in [0.2, 0.25) is 0 Å². The predicted molar refractivity (Wildman–Crippen MR) is 83.6 cm³/mol. The molecule has 0 spiro atoms. The number of nitrogens with zero attached hydrogens (tertiary/aromatic N) is 1. The maximum absolute atomic E-state index is 12.5. The summed E-state index contributed by atoms with van der Waals surface area (Å²) < 4.78 is 0. The lowest BCUT2D eigenvalue weighted by atomic mass is 9.68. The van der Waals surface area contributed by atoms with E-state index in [0.717, 1.165) is 12.8 Å². The van der Waals surface area contributed by atoms with Crippen molar-refractivity contribution in [3.05, 3.63) is 39.9 Å². The van der Waals surface area contributed by atoms with Crippen LogP contribution in [0.5, 0.6) is 0 Å². The van der Waals surface area contributed by atoms with E-state index < -0.39 is 4.92 Å². The highest BCUT2D eigenvalue weighted by atomic mass is 16.6. The van der Waals surface area contributed by atoms with Gasteiger partial charge in [0.1, 0.15) is 0 Å². The van der Waals surface area contributed by atoms with Crippen LogP contribution in [-0.4, -0.2) is 16.9 Å². The zero-order valence-electron chi connectivity index (χ0n) is 13.3. The zero-order valence-corrected chi connectivity index (χ0v) is 13.3. The minimum absolute atomic E-state index is 0.0499. The number of hydrogen-bond acceptors (Lipinski definition) is 3. The van der Waals surface area contributed by atoms with Crippen LogP contribution in [0.4, 0.5) is 5.69 Å². The molecule has 2 saturated carbocycles. The number of carbonyl (C=O) groups excluding carboxylic acids is 1. The van der Waals surface area contributed by atoms with E-state index in [9.17, 15) is 14.9 Å². The Morgan fingerprint density at radius 3 is 2.68 bits per heavy atom. The second-order valence-corrected chi connectivity index (χ2v) is 7.63. The van der Waals surface area contributed by atoms with Crippen molar-refractivity contribution >= 4 is 11.6 Å². The van der Waals surface area contributed by atoms with E-state index in [2.05, 4.69) is 26.1 Å². The lowest BCUT2D eigenvalue weighted by Gasteiger charge is -2.43. The van der Waals surface area contributed by atoms with E-state index >= 15 is 0 Å². The third-order valence-electron chi connectivity index (χ3n) is 5.86. The molecule has 22 heavy (non-hydrogen) atoms. The molecule has 118 valence electrons. The van der Waals surface area contributed by atoms with Crippen LogP contribution >= 0.6 is 0 Å². The standard InChI is InChI=1S/C17H22N2O3/c1-16(2)12-7-8-17(3,10-12)15(16)18-14(20)11-5-4-6-13(9-11)19(21)22/h4-6,9,12,15H,7-8,10H2,1-3H3,(H,18,20)/t12-,15+,17+/m0/s1. The summed E-state index contributed by atoms with van der Waals surface area (Å²) in [5.41, 5.74) is 0.524. The van der Waals surface area contributed by atoms with Gasteiger partial charge in [0, 0.05) is 23.7 Å². The minimum Gasteiger partial charge on any atom is -0.348 e. The summed E-state index contributed by atoms with van der Waals surface area (Å²) in [4.78, 5) is 22.9. The Morgan fingerprint density at radius 2 is 2.09 bits per heavy atom. The number of fused-ring (bicyclic) bond motifs is 2. The molecule has 0 radical (unpaired) electrons. The molecular formula is C17H22N2O3. The van der Waals surface area contributed by atoms with Crippen molar-refractivity contribution in [2.45, 2.75) is 46.1 Å². The predicted octanol–water partition coefficient (Wildman–Crippen LogP) is 3.54. The number of benzene rings is 1. The third kappa shape index (κ3) is 2.19. The normalized spacial score (nSPS) is 32.0. The fraction of sp³-hybridized carbons (Fsp3) is 0.588. The Kier molecular flexibility index (Phi) is 3.27. The van der Waals surface area contributed by atoms with Crippen molar-refractivity contribution in [2.24, 2.45) is 16.7 Å². The van der Waals surface area contributed by atoms with Crippen LogP contribution < -0.4 is 5.32 Å². The van der Waals surface area contributed by atoms with Crippen LogP contribution in [0.25, 0.3) is 0 Å². The minimum atomic E-state index is -0.473. The molecule has 2 aliphatic carbocycles.